The molecule has 2 heterocycles. The van der Waals surface area contributed by atoms with Crippen molar-refractivity contribution in [2.45, 2.75) is 32.5 Å². The van der Waals surface area contributed by atoms with Gasteiger partial charge in [0, 0.05) is 32.2 Å². The van der Waals surface area contributed by atoms with E-state index >= 15 is 0 Å². The maximum atomic E-state index is 14.2. The Morgan fingerprint density at radius 2 is 1.97 bits per heavy atom. The van der Waals surface area contributed by atoms with Crippen molar-refractivity contribution in [1.29, 1.82) is 0 Å². The predicted molar refractivity (Wildman–Crippen MR) is 123 cm³/mol. The van der Waals surface area contributed by atoms with Gasteiger partial charge in [0.05, 0.1) is 18.0 Å². The maximum Gasteiger partial charge on any atom is 0.274 e. The Bertz CT molecular complexity index is 1380. The van der Waals surface area contributed by atoms with Crippen molar-refractivity contribution >= 4 is 33.4 Å². The molecule has 0 radical (unpaired) electrons. The summed E-state index contributed by atoms with van der Waals surface area (Å²) in [5.74, 6) is -4.82. The molecule has 1 aliphatic heterocycles. The molecule has 1 aromatic heterocycles. The molecular formula is C21H23ClF2N4O6S. The number of halogens is 3. The number of aromatic hydroxyl groups is 1. The average Bonchev–Trinajstić information content (AvgIpc) is 3.17. The number of hydrogen-bond acceptors (Lipinski definition) is 6. The van der Waals surface area contributed by atoms with Crippen LogP contribution in [0.1, 0.15) is 51.5 Å². The number of sulfonamides is 1. The standard InChI is InChI=1S/C21H23ClF2N4O6S/c1-4-27(2)21(32)17-19(30)18(29)13(16-12(7-8-28(16)17)26-35(3,33)34)20(31)25-9-10-5-6-11(23)14(22)15(10)24/h5-6,12,26,30H,4,7-9H2,1-3H3,(H,25,31)/t12-/m0/s1. The summed E-state index contributed by atoms with van der Waals surface area (Å²) >= 11 is 5.55. The second kappa shape index (κ2) is 9.91. The monoisotopic (exact) mass is 532 g/mol. The van der Waals surface area contributed by atoms with Gasteiger partial charge in [0.15, 0.2) is 11.4 Å². The molecule has 0 fully saturated rings. The van der Waals surface area contributed by atoms with Gasteiger partial charge in [-0.15, -0.1) is 0 Å². The Labute approximate surface area is 204 Å². The van der Waals surface area contributed by atoms with E-state index in [4.69, 9.17) is 11.6 Å². The second-order valence-corrected chi connectivity index (χ2v) is 10.2. The highest BCUT2D eigenvalue weighted by molar-refractivity contribution is 7.88. The summed E-state index contributed by atoms with van der Waals surface area (Å²) in [6.45, 7) is 1.46. The average molecular weight is 533 g/mol. The normalized spacial score (nSPS) is 15.1. The summed E-state index contributed by atoms with van der Waals surface area (Å²) in [6.07, 6.45) is 0.987. The summed E-state index contributed by atoms with van der Waals surface area (Å²) in [4.78, 5) is 40.2. The molecule has 0 spiro atoms. The van der Waals surface area contributed by atoms with Crippen LogP contribution in [0.5, 0.6) is 5.75 Å². The topological polar surface area (TPSA) is 138 Å². The molecule has 0 aliphatic carbocycles. The number of nitrogens with zero attached hydrogens (tertiary/aromatic N) is 2. The number of hydrogen-bond donors (Lipinski definition) is 3. The number of pyridine rings is 1. The summed E-state index contributed by atoms with van der Waals surface area (Å²) < 4.78 is 55.0. The molecule has 14 heteroatoms. The van der Waals surface area contributed by atoms with E-state index < -0.39 is 67.8 Å². The molecule has 3 N–H and O–H groups in total. The van der Waals surface area contributed by atoms with Crippen LogP contribution < -0.4 is 15.5 Å². The molecule has 0 bridgehead atoms. The Morgan fingerprint density at radius 1 is 1.31 bits per heavy atom. The van der Waals surface area contributed by atoms with Crippen LogP contribution in [0, 0.1) is 11.6 Å². The third-order valence-corrected chi connectivity index (χ3v) is 6.68. The van der Waals surface area contributed by atoms with Crippen LogP contribution in [0.2, 0.25) is 5.02 Å². The Hall–Kier alpha value is -3.03. The number of carbonyl (C=O) groups is 2. The van der Waals surface area contributed by atoms with Crippen molar-refractivity contribution in [3.8, 4) is 5.75 Å². The minimum atomic E-state index is -3.79. The number of benzene rings is 1. The van der Waals surface area contributed by atoms with Gasteiger partial charge in [-0.25, -0.2) is 21.9 Å². The fourth-order valence-corrected chi connectivity index (χ4v) is 4.75. The first-order valence-electron chi connectivity index (χ1n) is 10.4. The molecule has 2 amide bonds. The zero-order valence-corrected chi connectivity index (χ0v) is 20.6. The van der Waals surface area contributed by atoms with Gasteiger partial charge in [0.1, 0.15) is 22.2 Å². The van der Waals surface area contributed by atoms with Crippen molar-refractivity contribution in [1.82, 2.24) is 19.5 Å². The minimum absolute atomic E-state index is 0.0253. The molecule has 2 aromatic rings. The lowest BCUT2D eigenvalue weighted by Gasteiger charge is -2.22. The summed E-state index contributed by atoms with van der Waals surface area (Å²) in [7, 11) is -2.35. The fourth-order valence-electron chi connectivity index (χ4n) is 3.82. The van der Waals surface area contributed by atoms with Crippen LogP contribution >= 0.6 is 11.6 Å². The third kappa shape index (κ3) is 5.16. The van der Waals surface area contributed by atoms with Gasteiger partial charge in [0.25, 0.3) is 11.8 Å². The number of nitrogens with one attached hydrogen (secondary N) is 2. The van der Waals surface area contributed by atoms with Crippen LogP contribution in [0.25, 0.3) is 0 Å². The molecule has 190 valence electrons. The Kier molecular flexibility index (Phi) is 7.53. The van der Waals surface area contributed by atoms with E-state index in [0.717, 1.165) is 18.4 Å². The maximum absolute atomic E-state index is 14.2. The summed E-state index contributed by atoms with van der Waals surface area (Å²) in [6, 6.07) is 0.916. The van der Waals surface area contributed by atoms with Crippen molar-refractivity contribution in [2.24, 2.45) is 0 Å². The lowest BCUT2D eigenvalue weighted by molar-refractivity contribution is 0.0785. The molecule has 1 aliphatic rings. The smallest absolute Gasteiger partial charge is 0.274 e. The summed E-state index contributed by atoms with van der Waals surface area (Å²) in [5, 5.41) is 12.1. The highest BCUT2D eigenvalue weighted by Crippen LogP contribution is 2.33. The zero-order valence-electron chi connectivity index (χ0n) is 19.0. The number of carbonyl (C=O) groups excluding carboxylic acids is 2. The largest absolute Gasteiger partial charge is 0.503 e. The SMILES string of the molecule is CCN(C)C(=O)c1c(O)c(=O)c(C(=O)NCc2ccc(F)c(Cl)c2F)c2n1CC[C@@H]2NS(C)(=O)=O. The van der Waals surface area contributed by atoms with E-state index in [-0.39, 0.29) is 36.5 Å². The zero-order chi connectivity index (χ0) is 26.2. The highest BCUT2D eigenvalue weighted by Gasteiger charge is 2.37. The number of fused-ring (bicyclic) bond motifs is 1. The van der Waals surface area contributed by atoms with Gasteiger partial charge in [-0.1, -0.05) is 17.7 Å². The highest BCUT2D eigenvalue weighted by atomic mass is 35.5. The molecule has 0 unspecified atom stereocenters. The first-order chi connectivity index (χ1) is 16.3. The van der Waals surface area contributed by atoms with Gasteiger partial charge in [-0.3, -0.25) is 14.4 Å². The van der Waals surface area contributed by atoms with Crippen molar-refractivity contribution in [2.75, 3.05) is 19.8 Å². The Balaban J connectivity index is 2.12. The van der Waals surface area contributed by atoms with Gasteiger partial charge in [0.2, 0.25) is 15.5 Å². The molecule has 35 heavy (non-hydrogen) atoms. The number of amides is 2. The fraction of sp³-hybridized carbons (Fsp3) is 0.381. The van der Waals surface area contributed by atoms with Crippen LogP contribution in [-0.2, 0) is 23.1 Å². The molecule has 1 atom stereocenters. The lowest BCUT2D eigenvalue weighted by Crippen LogP contribution is -2.37. The molecule has 3 rings (SSSR count). The summed E-state index contributed by atoms with van der Waals surface area (Å²) in [5.41, 5.74) is -2.46. The van der Waals surface area contributed by atoms with E-state index in [1.807, 2.05) is 0 Å². The van der Waals surface area contributed by atoms with Gasteiger partial charge in [-0.2, -0.15) is 0 Å². The van der Waals surface area contributed by atoms with Crippen molar-refractivity contribution in [3.05, 3.63) is 61.5 Å². The van der Waals surface area contributed by atoms with Gasteiger partial charge < -0.3 is 19.9 Å². The van der Waals surface area contributed by atoms with Crippen LogP contribution in [0.3, 0.4) is 0 Å². The third-order valence-electron chi connectivity index (χ3n) is 5.62. The van der Waals surface area contributed by atoms with Crippen molar-refractivity contribution < 1.29 is 31.9 Å². The van der Waals surface area contributed by atoms with Crippen LogP contribution in [-0.4, -0.2) is 54.7 Å². The first kappa shape index (κ1) is 26.6. The second-order valence-electron chi connectivity index (χ2n) is 8.01. The quantitative estimate of drug-likeness (QED) is 0.462. The van der Waals surface area contributed by atoms with E-state index in [0.29, 0.717) is 0 Å². The van der Waals surface area contributed by atoms with Crippen LogP contribution in [0.15, 0.2) is 16.9 Å². The molecule has 10 nitrogen and oxygen atoms in total. The van der Waals surface area contributed by atoms with E-state index in [2.05, 4.69) is 10.0 Å². The number of rotatable bonds is 7. The molecular weight excluding hydrogens is 510 g/mol. The van der Waals surface area contributed by atoms with Crippen molar-refractivity contribution in [3.63, 3.8) is 0 Å². The van der Waals surface area contributed by atoms with Crippen LogP contribution in [0.4, 0.5) is 8.78 Å². The van der Waals surface area contributed by atoms with E-state index in [1.165, 1.54) is 16.5 Å². The molecule has 1 aromatic carbocycles. The van der Waals surface area contributed by atoms with E-state index in [1.54, 1.807) is 6.92 Å². The molecule has 0 saturated heterocycles. The minimum Gasteiger partial charge on any atom is -0.503 e. The first-order valence-corrected chi connectivity index (χ1v) is 12.7. The molecule has 0 saturated carbocycles. The Morgan fingerprint density at radius 3 is 2.57 bits per heavy atom. The number of aromatic nitrogens is 1. The van der Waals surface area contributed by atoms with Gasteiger partial charge in [-0.05, 0) is 19.4 Å². The van der Waals surface area contributed by atoms with Gasteiger partial charge >= 0.3 is 0 Å². The van der Waals surface area contributed by atoms with E-state index in [9.17, 15) is 36.7 Å². The lowest BCUT2D eigenvalue weighted by atomic mass is 10.0. The predicted octanol–water partition coefficient (Wildman–Crippen LogP) is 1.50.